The maximum absolute atomic E-state index is 11.9. The minimum atomic E-state index is -0.577. The fourth-order valence-electron chi connectivity index (χ4n) is 1.62. The number of aromatic nitrogens is 2. The van der Waals surface area contributed by atoms with Crippen LogP contribution in [-0.4, -0.2) is 22.1 Å². The predicted octanol–water partition coefficient (Wildman–Crippen LogP) is 0.508. The molecule has 0 aliphatic rings. The first kappa shape index (κ1) is 13.6. The number of carbonyl (C=O) groups excluding carboxylic acids is 2. The lowest BCUT2D eigenvalue weighted by Crippen LogP contribution is -2.28. The predicted molar refractivity (Wildman–Crippen MR) is 72.6 cm³/mol. The second kappa shape index (κ2) is 6.37. The third-order valence-corrected chi connectivity index (χ3v) is 2.68. The van der Waals surface area contributed by atoms with E-state index in [-0.39, 0.29) is 5.91 Å². The monoisotopic (exact) mass is 273 g/mol. The number of hydrogen-bond acceptors (Lipinski definition) is 3. The van der Waals surface area contributed by atoms with Crippen LogP contribution in [0, 0.1) is 0 Å². The molecule has 0 spiro atoms. The number of nitrogens with zero attached hydrogens (tertiary/aromatic N) is 1. The molecule has 0 atom stereocenters. The van der Waals surface area contributed by atoms with Gasteiger partial charge >= 0.3 is 6.03 Å². The lowest BCUT2D eigenvalue weighted by atomic mass is 10.1. The van der Waals surface area contributed by atoms with Gasteiger partial charge in [0.1, 0.15) is 0 Å². The van der Waals surface area contributed by atoms with Crippen molar-refractivity contribution in [2.75, 3.05) is 0 Å². The van der Waals surface area contributed by atoms with Gasteiger partial charge in [0, 0.05) is 18.3 Å². The van der Waals surface area contributed by atoms with E-state index in [2.05, 4.69) is 20.8 Å². The molecule has 0 bridgehead atoms. The Kier molecular flexibility index (Phi) is 4.33. The first-order chi connectivity index (χ1) is 9.65. The lowest BCUT2D eigenvalue weighted by Gasteiger charge is -2.05. The van der Waals surface area contributed by atoms with E-state index >= 15 is 0 Å². The van der Waals surface area contributed by atoms with Gasteiger partial charge in [0.15, 0.2) is 0 Å². The van der Waals surface area contributed by atoms with Crippen LogP contribution in [0.1, 0.15) is 21.6 Å². The number of aromatic amines is 1. The molecule has 2 aromatic rings. The molecule has 0 saturated heterocycles. The Morgan fingerprint density at radius 3 is 2.45 bits per heavy atom. The van der Waals surface area contributed by atoms with Gasteiger partial charge in [-0.1, -0.05) is 12.1 Å². The summed E-state index contributed by atoms with van der Waals surface area (Å²) in [5.74, 6) is -0.172. The zero-order valence-electron chi connectivity index (χ0n) is 10.7. The zero-order chi connectivity index (χ0) is 14.4. The Balaban J connectivity index is 1.88. The van der Waals surface area contributed by atoms with Crippen molar-refractivity contribution in [3.05, 3.63) is 53.3 Å². The van der Waals surface area contributed by atoms with Crippen LogP contribution in [0.15, 0.2) is 36.5 Å². The molecule has 3 amide bonds. The van der Waals surface area contributed by atoms with Gasteiger partial charge in [-0.3, -0.25) is 9.89 Å². The van der Waals surface area contributed by atoms with Crippen LogP contribution >= 0.6 is 0 Å². The van der Waals surface area contributed by atoms with Crippen molar-refractivity contribution in [2.24, 2.45) is 5.73 Å². The molecule has 0 aliphatic carbocycles. The topological polar surface area (TPSA) is 113 Å². The van der Waals surface area contributed by atoms with Crippen LogP contribution in [-0.2, 0) is 13.1 Å². The van der Waals surface area contributed by atoms with E-state index in [1.54, 1.807) is 36.5 Å². The summed E-state index contributed by atoms with van der Waals surface area (Å²) in [6.07, 6.45) is 1.63. The maximum atomic E-state index is 11.9. The molecular weight excluding hydrogens is 258 g/mol. The van der Waals surface area contributed by atoms with Gasteiger partial charge in [-0.2, -0.15) is 5.10 Å². The van der Waals surface area contributed by atoms with Gasteiger partial charge in [-0.05, 0) is 23.8 Å². The fourth-order valence-corrected chi connectivity index (χ4v) is 1.62. The van der Waals surface area contributed by atoms with E-state index in [1.807, 2.05) is 0 Å². The maximum Gasteiger partial charge on any atom is 0.312 e. The molecule has 0 fully saturated rings. The number of primary amides is 1. The Morgan fingerprint density at radius 2 is 1.85 bits per heavy atom. The van der Waals surface area contributed by atoms with Crippen molar-refractivity contribution in [1.82, 2.24) is 20.8 Å². The van der Waals surface area contributed by atoms with E-state index in [1.165, 1.54) is 0 Å². The second-order valence-corrected chi connectivity index (χ2v) is 4.18. The number of nitrogens with two attached hydrogens (primary N) is 1. The molecule has 0 aliphatic heterocycles. The summed E-state index contributed by atoms with van der Waals surface area (Å²) in [6.45, 7) is 0.731. The van der Waals surface area contributed by atoms with E-state index in [4.69, 9.17) is 5.73 Å². The Labute approximate surface area is 115 Å². The van der Waals surface area contributed by atoms with Gasteiger partial charge in [0.25, 0.3) is 5.91 Å². The summed E-state index contributed by atoms with van der Waals surface area (Å²) in [5, 5.41) is 11.8. The van der Waals surface area contributed by atoms with Gasteiger partial charge in [0.2, 0.25) is 0 Å². The summed E-state index contributed by atoms with van der Waals surface area (Å²) in [7, 11) is 0. The molecular formula is C13H15N5O2. The zero-order valence-corrected chi connectivity index (χ0v) is 10.7. The van der Waals surface area contributed by atoms with Crippen molar-refractivity contribution >= 4 is 11.9 Å². The summed E-state index contributed by atoms with van der Waals surface area (Å²) in [4.78, 5) is 22.5. The van der Waals surface area contributed by atoms with Crippen molar-refractivity contribution in [3.63, 3.8) is 0 Å². The first-order valence-electron chi connectivity index (χ1n) is 6.04. The molecule has 1 aromatic carbocycles. The highest BCUT2D eigenvalue weighted by Crippen LogP contribution is 2.04. The third-order valence-electron chi connectivity index (χ3n) is 2.68. The van der Waals surface area contributed by atoms with Crippen LogP contribution in [0.5, 0.6) is 0 Å². The van der Waals surface area contributed by atoms with Crippen LogP contribution in [0.25, 0.3) is 0 Å². The van der Waals surface area contributed by atoms with E-state index in [0.717, 1.165) is 11.3 Å². The number of rotatable bonds is 5. The number of benzene rings is 1. The van der Waals surface area contributed by atoms with E-state index in [9.17, 15) is 9.59 Å². The third kappa shape index (κ3) is 3.84. The summed E-state index contributed by atoms with van der Waals surface area (Å²) in [5.41, 5.74) is 7.23. The largest absolute Gasteiger partial charge is 0.352 e. The molecule has 1 heterocycles. The molecule has 7 heteroatoms. The van der Waals surface area contributed by atoms with Gasteiger partial charge in [0.05, 0.1) is 12.2 Å². The molecule has 5 N–H and O–H groups in total. The van der Waals surface area contributed by atoms with Gasteiger partial charge in [-0.25, -0.2) is 4.79 Å². The van der Waals surface area contributed by atoms with Crippen LogP contribution in [0.3, 0.4) is 0 Å². The number of urea groups is 1. The number of H-pyrrole nitrogens is 1. The average molecular weight is 273 g/mol. The molecule has 104 valence electrons. The summed E-state index contributed by atoms with van der Waals surface area (Å²) < 4.78 is 0. The minimum Gasteiger partial charge on any atom is -0.352 e. The average Bonchev–Trinajstić information content (AvgIpc) is 2.96. The molecule has 2 rings (SSSR count). The Hall–Kier alpha value is -2.83. The van der Waals surface area contributed by atoms with Crippen molar-refractivity contribution in [1.29, 1.82) is 0 Å². The highest BCUT2D eigenvalue weighted by atomic mass is 16.2. The molecule has 0 unspecified atom stereocenters. The second-order valence-electron chi connectivity index (χ2n) is 4.18. The van der Waals surface area contributed by atoms with Gasteiger partial charge in [-0.15, -0.1) is 0 Å². The number of hydrogen-bond donors (Lipinski definition) is 4. The molecule has 20 heavy (non-hydrogen) atoms. The molecule has 1 aromatic heterocycles. The lowest BCUT2D eigenvalue weighted by molar-refractivity contribution is 0.0950. The quantitative estimate of drug-likeness (QED) is 0.636. The molecule has 7 nitrogen and oxygen atoms in total. The highest BCUT2D eigenvalue weighted by molar-refractivity contribution is 5.94. The van der Waals surface area contributed by atoms with Crippen LogP contribution in [0.4, 0.5) is 4.79 Å². The Bertz CT molecular complexity index is 577. The van der Waals surface area contributed by atoms with Gasteiger partial charge < -0.3 is 16.4 Å². The number of carbonyl (C=O) groups is 2. The normalized spacial score (nSPS) is 10.0. The summed E-state index contributed by atoms with van der Waals surface area (Å²) >= 11 is 0. The number of amides is 3. The summed E-state index contributed by atoms with van der Waals surface area (Å²) in [6, 6.07) is 8.13. The fraction of sp³-hybridized carbons (Fsp3) is 0.154. The van der Waals surface area contributed by atoms with E-state index < -0.39 is 6.03 Å². The number of nitrogens with one attached hydrogen (secondary N) is 3. The van der Waals surface area contributed by atoms with Crippen LogP contribution < -0.4 is 16.4 Å². The Morgan fingerprint density at radius 1 is 1.10 bits per heavy atom. The first-order valence-corrected chi connectivity index (χ1v) is 6.04. The highest BCUT2D eigenvalue weighted by Gasteiger charge is 2.05. The van der Waals surface area contributed by atoms with E-state index in [0.29, 0.717) is 18.7 Å². The van der Waals surface area contributed by atoms with Crippen molar-refractivity contribution in [2.45, 2.75) is 13.1 Å². The van der Waals surface area contributed by atoms with Crippen molar-refractivity contribution in [3.8, 4) is 0 Å². The van der Waals surface area contributed by atoms with Crippen molar-refractivity contribution < 1.29 is 9.59 Å². The smallest absolute Gasteiger partial charge is 0.312 e. The van der Waals surface area contributed by atoms with Crippen LogP contribution in [0.2, 0.25) is 0 Å². The SMILES string of the molecule is NC(=O)NCc1ccc(C(=O)NCc2ccn[nH]2)cc1. The standard InChI is InChI=1S/C13H15N5O2/c14-13(20)16-7-9-1-3-10(4-2-9)12(19)15-8-11-5-6-17-18-11/h1-6H,7-8H2,(H,15,19)(H,17,18)(H3,14,16,20). The molecule has 0 saturated carbocycles. The molecule has 0 radical (unpaired) electrons. The minimum absolute atomic E-state index is 0.172.